The Kier molecular flexibility index (Phi) is 7.76. The molecule has 1 aromatic carbocycles. The van der Waals surface area contributed by atoms with Gasteiger partial charge in [-0.2, -0.15) is 0 Å². The van der Waals surface area contributed by atoms with Gasteiger partial charge in [-0.1, -0.05) is 33.7 Å². The monoisotopic (exact) mass is 666 g/mol. The molecule has 0 amide bonds. The van der Waals surface area contributed by atoms with Crippen molar-refractivity contribution in [2.24, 2.45) is 11.5 Å². The number of aromatic hydroxyl groups is 1. The van der Waals surface area contributed by atoms with Gasteiger partial charge in [0.05, 0.1) is 18.0 Å². The lowest BCUT2D eigenvalue weighted by Gasteiger charge is -2.42. The first-order chi connectivity index (χ1) is 21.9. The number of phenolic OH excluding ortho intramolecular Hbond substituents is 1. The second-order valence-electron chi connectivity index (χ2n) is 12.8. The number of allylic oxidation sites excluding steroid dienone is 2. The molecule has 1 fully saturated rings. The Labute approximate surface area is 274 Å². The Morgan fingerprint density at radius 3 is 2.78 bits per heavy atom. The van der Waals surface area contributed by atoms with Gasteiger partial charge in [0, 0.05) is 54.2 Å². The van der Waals surface area contributed by atoms with E-state index in [-0.39, 0.29) is 40.7 Å². The van der Waals surface area contributed by atoms with Crippen LogP contribution in [-0.4, -0.2) is 58.6 Å². The average Bonchev–Trinajstić information content (AvgIpc) is 3.67. The molecule has 6 heterocycles. The molecule has 244 valence electrons. The lowest BCUT2D eigenvalue weighted by atomic mass is 9.86. The topological polar surface area (TPSA) is 175 Å². The molecule has 7 N–H and O–H groups in total. The fourth-order valence-corrected chi connectivity index (χ4v) is 9.07. The van der Waals surface area contributed by atoms with E-state index in [9.17, 15) is 14.7 Å². The maximum Gasteiger partial charge on any atom is 0.341 e. The Morgan fingerprint density at radius 2 is 1.96 bits per heavy atom. The van der Waals surface area contributed by atoms with Gasteiger partial charge in [0.15, 0.2) is 11.0 Å². The normalized spacial score (nSPS) is 31.4. The van der Waals surface area contributed by atoms with Crippen LogP contribution in [0, 0.1) is 6.92 Å². The quantitative estimate of drug-likeness (QED) is 0.157. The van der Waals surface area contributed by atoms with E-state index in [0.717, 1.165) is 16.7 Å². The van der Waals surface area contributed by atoms with Crippen molar-refractivity contribution in [3.8, 4) is 11.5 Å². The van der Waals surface area contributed by atoms with Crippen LogP contribution in [0.3, 0.4) is 0 Å². The van der Waals surface area contributed by atoms with Crippen LogP contribution in [0.5, 0.6) is 11.5 Å². The number of esters is 1. The summed E-state index contributed by atoms with van der Waals surface area (Å²) in [7, 11) is 3.36. The molecular weight excluding hydrogens is 629 g/mol. The number of benzene rings is 1. The van der Waals surface area contributed by atoms with Crippen LogP contribution in [0.1, 0.15) is 44.4 Å². The number of hydrogen-bond acceptors (Lipinski definition) is 13. The van der Waals surface area contributed by atoms with Gasteiger partial charge in [-0.15, -0.1) is 0 Å². The van der Waals surface area contributed by atoms with Crippen molar-refractivity contribution in [2.45, 2.75) is 75.9 Å². The number of dihydropyridines is 2. The van der Waals surface area contributed by atoms with Crippen LogP contribution >= 0.6 is 21.6 Å². The second-order valence-corrected chi connectivity index (χ2v) is 15.4. The van der Waals surface area contributed by atoms with Gasteiger partial charge in [-0.05, 0) is 50.8 Å². The molecule has 46 heavy (non-hydrogen) atoms. The number of carbonyl (C=O) groups excluding carboxylic acids is 1. The predicted octanol–water partition coefficient (Wildman–Crippen LogP) is 3.53. The van der Waals surface area contributed by atoms with Crippen molar-refractivity contribution in [3.05, 3.63) is 80.3 Å². The minimum atomic E-state index is -1.11. The number of nitrogens with two attached hydrogens (primary N) is 2. The molecule has 5 aliphatic heterocycles. The highest BCUT2D eigenvalue weighted by molar-refractivity contribution is 8.76. The third-order valence-corrected chi connectivity index (χ3v) is 11.8. The number of fused-ring (bicyclic) bond motifs is 7. The van der Waals surface area contributed by atoms with E-state index >= 15 is 0 Å². The van der Waals surface area contributed by atoms with Gasteiger partial charge >= 0.3 is 5.97 Å². The molecule has 1 aromatic heterocycles. The third kappa shape index (κ3) is 5.51. The van der Waals surface area contributed by atoms with Gasteiger partial charge in [0.2, 0.25) is 0 Å². The van der Waals surface area contributed by atoms with E-state index in [1.807, 2.05) is 13.0 Å². The molecule has 0 aliphatic carbocycles. The second kappa shape index (κ2) is 11.5. The number of hydrogen-bond donors (Lipinski definition) is 5. The molecule has 0 radical (unpaired) electrons. The third-order valence-electron chi connectivity index (χ3n) is 9.52. The van der Waals surface area contributed by atoms with Crippen LogP contribution in [-0.2, 0) is 20.7 Å². The van der Waals surface area contributed by atoms with Crippen LogP contribution in [0.25, 0.3) is 11.0 Å². The fourth-order valence-electron chi connectivity index (χ4n) is 6.73. The van der Waals surface area contributed by atoms with Gasteiger partial charge in [-0.25, -0.2) is 4.79 Å². The SMILES string of the molecule is Cc1cc(=O)c2c(O)c3c(cc2o1)OC1(C)CCSSCC2=C(N)NCC=C2C2C=C(C=C(N)N2)CCC2OC2(C)C(=O)OC1C3. The lowest BCUT2D eigenvalue weighted by Crippen LogP contribution is -2.52. The van der Waals surface area contributed by atoms with Crippen LogP contribution < -0.4 is 32.3 Å². The number of nitrogens with one attached hydrogen (secondary N) is 2. The van der Waals surface area contributed by atoms with E-state index in [1.165, 1.54) is 6.07 Å². The first-order valence-electron chi connectivity index (χ1n) is 15.4. The zero-order chi connectivity index (χ0) is 32.4. The van der Waals surface area contributed by atoms with Gasteiger partial charge in [0.25, 0.3) is 0 Å². The molecule has 0 saturated carbocycles. The van der Waals surface area contributed by atoms with E-state index in [0.29, 0.717) is 66.0 Å². The average molecular weight is 667 g/mol. The summed E-state index contributed by atoms with van der Waals surface area (Å²) in [4.78, 5) is 26.5. The Hall–Kier alpha value is -3.68. The lowest BCUT2D eigenvalue weighted by molar-refractivity contribution is -0.168. The number of carbonyl (C=O) groups is 1. The molecule has 1 saturated heterocycles. The minimum Gasteiger partial charge on any atom is -0.507 e. The summed E-state index contributed by atoms with van der Waals surface area (Å²) in [6.45, 7) is 5.99. The van der Waals surface area contributed by atoms with Crippen molar-refractivity contribution in [2.75, 3.05) is 18.1 Å². The number of ether oxygens (including phenoxy) is 3. The Morgan fingerprint density at radius 1 is 1.13 bits per heavy atom. The van der Waals surface area contributed by atoms with E-state index in [1.54, 1.807) is 41.5 Å². The van der Waals surface area contributed by atoms with Gasteiger partial charge in [0.1, 0.15) is 45.8 Å². The highest BCUT2D eigenvalue weighted by Crippen LogP contribution is 2.47. The van der Waals surface area contributed by atoms with Crippen molar-refractivity contribution >= 4 is 38.5 Å². The molecule has 0 spiro atoms. The van der Waals surface area contributed by atoms with E-state index in [4.69, 9.17) is 30.1 Å². The molecule has 13 heteroatoms. The molecule has 11 nitrogen and oxygen atoms in total. The van der Waals surface area contributed by atoms with Crippen molar-refractivity contribution in [3.63, 3.8) is 0 Å². The molecule has 2 bridgehead atoms. The summed E-state index contributed by atoms with van der Waals surface area (Å²) in [5.74, 6) is 2.73. The van der Waals surface area contributed by atoms with E-state index < -0.39 is 23.3 Å². The summed E-state index contributed by atoms with van der Waals surface area (Å²) in [6.07, 6.45) is 7.14. The van der Waals surface area contributed by atoms with Gasteiger partial charge < -0.3 is 45.8 Å². The molecule has 5 atom stereocenters. The fraction of sp³-hybridized carbons (Fsp3) is 0.455. The number of aryl methyl sites for hydroxylation is 1. The Balaban J connectivity index is 1.21. The summed E-state index contributed by atoms with van der Waals surface area (Å²) in [6, 6.07) is 2.87. The van der Waals surface area contributed by atoms with E-state index in [2.05, 4.69) is 22.8 Å². The molecule has 5 unspecified atom stereocenters. The standard InChI is InChI=1S/C33H38N4O7S2/c1-16-10-22(38)28-24(41-16)14-23-19(29(28)39)13-26-32(2,43-23)7-9-45-46-15-20-18(6-8-36-30(20)35)21-11-17(12-27(34)37-21)4-5-25-33(3,44-25)31(40)42-26/h6,10-12,14,21,25-26,36-37,39H,4-5,7-9,13,15,34-35H2,1-3H3. The zero-order valence-corrected chi connectivity index (χ0v) is 27.6. The summed E-state index contributed by atoms with van der Waals surface area (Å²) in [5.41, 5.74) is 14.2. The molecular formula is C33H38N4O7S2. The first-order valence-corrected chi connectivity index (χ1v) is 17.9. The van der Waals surface area contributed by atoms with Crippen molar-refractivity contribution < 1.29 is 28.5 Å². The summed E-state index contributed by atoms with van der Waals surface area (Å²) < 4.78 is 24.5. The highest BCUT2D eigenvalue weighted by atomic mass is 33.1. The maximum absolute atomic E-state index is 13.7. The summed E-state index contributed by atoms with van der Waals surface area (Å²) >= 11 is 0. The summed E-state index contributed by atoms with van der Waals surface area (Å²) in [5, 5.41) is 18.0. The number of phenols is 1. The maximum atomic E-state index is 13.7. The zero-order valence-electron chi connectivity index (χ0n) is 25.9. The van der Waals surface area contributed by atoms with Crippen molar-refractivity contribution in [1.29, 1.82) is 0 Å². The highest BCUT2D eigenvalue weighted by Gasteiger charge is 2.61. The smallest absolute Gasteiger partial charge is 0.341 e. The Bertz CT molecular complexity index is 1820. The van der Waals surface area contributed by atoms with Crippen LogP contribution in [0.4, 0.5) is 0 Å². The van der Waals surface area contributed by atoms with Gasteiger partial charge in [-0.3, -0.25) is 4.79 Å². The van der Waals surface area contributed by atoms with Crippen molar-refractivity contribution in [1.82, 2.24) is 10.6 Å². The molecule has 2 aromatic rings. The minimum absolute atomic E-state index is 0.0796. The largest absolute Gasteiger partial charge is 0.507 e. The predicted molar refractivity (Wildman–Crippen MR) is 178 cm³/mol. The van der Waals surface area contributed by atoms with Crippen LogP contribution in [0.15, 0.2) is 67.9 Å². The van der Waals surface area contributed by atoms with Crippen LogP contribution in [0.2, 0.25) is 0 Å². The molecule has 5 aliphatic rings. The number of epoxide rings is 1. The number of rotatable bonds is 0. The first kappa shape index (κ1) is 30.9. The molecule has 7 rings (SSSR count).